The third kappa shape index (κ3) is 3.03. The lowest BCUT2D eigenvalue weighted by molar-refractivity contribution is -0.138. The van der Waals surface area contributed by atoms with E-state index in [0.29, 0.717) is 18.3 Å². The van der Waals surface area contributed by atoms with Gasteiger partial charge in [-0.15, -0.1) is 0 Å². The maximum absolute atomic E-state index is 10.9. The van der Waals surface area contributed by atoms with Crippen LogP contribution in [0.25, 0.3) is 0 Å². The Labute approximate surface area is 108 Å². The second-order valence-electron chi connectivity index (χ2n) is 5.06. The SMILES string of the molecule is COc1ccccc1CC1CCCC1CC(=O)O. The second-order valence-corrected chi connectivity index (χ2v) is 5.06. The molecule has 3 nitrogen and oxygen atoms in total. The van der Waals surface area contributed by atoms with Gasteiger partial charge in [0, 0.05) is 6.42 Å². The molecule has 0 aliphatic heterocycles. The van der Waals surface area contributed by atoms with Gasteiger partial charge in [-0.1, -0.05) is 24.6 Å². The van der Waals surface area contributed by atoms with Crippen LogP contribution < -0.4 is 4.74 Å². The smallest absolute Gasteiger partial charge is 0.303 e. The molecule has 1 N–H and O–H groups in total. The Morgan fingerprint density at radius 2 is 2.06 bits per heavy atom. The highest BCUT2D eigenvalue weighted by Gasteiger charge is 2.29. The minimum atomic E-state index is -0.674. The van der Waals surface area contributed by atoms with Crippen LogP contribution in [0.1, 0.15) is 31.2 Å². The van der Waals surface area contributed by atoms with Crippen LogP contribution in [0.2, 0.25) is 0 Å². The molecule has 0 spiro atoms. The van der Waals surface area contributed by atoms with Gasteiger partial charge in [-0.2, -0.15) is 0 Å². The Kier molecular flexibility index (Phi) is 4.24. The van der Waals surface area contributed by atoms with Crippen LogP contribution in [0.3, 0.4) is 0 Å². The summed E-state index contributed by atoms with van der Waals surface area (Å²) >= 11 is 0. The predicted octanol–water partition coefficient (Wildman–Crippen LogP) is 3.13. The van der Waals surface area contributed by atoms with Crippen LogP contribution in [-0.4, -0.2) is 18.2 Å². The normalized spacial score (nSPS) is 22.9. The molecular weight excluding hydrogens is 228 g/mol. The van der Waals surface area contributed by atoms with Crippen molar-refractivity contribution in [2.45, 2.75) is 32.1 Å². The topological polar surface area (TPSA) is 46.5 Å². The molecular formula is C15H20O3. The van der Waals surface area contributed by atoms with Crippen molar-refractivity contribution < 1.29 is 14.6 Å². The second kappa shape index (κ2) is 5.89. The van der Waals surface area contributed by atoms with Gasteiger partial charge in [0.25, 0.3) is 0 Å². The molecule has 0 aromatic heterocycles. The van der Waals surface area contributed by atoms with Crippen molar-refractivity contribution in [1.29, 1.82) is 0 Å². The van der Waals surface area contributed by atoms with Gasteiger partial charge in [0.15, 0.2) is 0 Å². The Balaban J connectivity index is 2.05. The highest BCUT2D eigenvalue weighted by molar-refractivity contribution is 5.67. The lowest BCUT2D eigenvalue weighted by atomic mass is 9.87. The number of rotatable bonds is 5. The van der Waals surface area contributed by atoms with E-state index in [9.17, 15) is 4.79 Å². The summed E-state index contributed by atoms with van der Waals surface area (Å²) in [6.07, 6.45) is 4.57. The van der Waals surface area contributed by atoms with E-state index in [1.54, 1.807) is 7.11 Å². The van der Waals surface area contributed by atoms with E-state index in [4.69, 9.17) is 9.84 Å². The van der Waals surface area contributed by atoms with E-state index in [2.05, 4.69) is 6.07 Å². The fourth-order valence-corrected chi connectivity index (χ4v) is 3.03. The van der Waals surface area contributed by atoms with E-state index in [1.807, 2.05) is 18.2 Å². The first kappa shape index (κ1) is 12.9. The number of para-hydroxylation sites is 1. The lowest BCUT2D eigenvalue weighted by Gasteiger charge is -2.19. The van der Waals surface area contributed by atoms with Gasteiger partial charge < -0.3 is 9.84 Å². The van der Waals surface area contributed by atoms with Crippen molar-refractivity contribution in [2.24, 2.45) is 11.8 Å². The van der Waals surface area contributed by atoms with E-state index in [-0.39, 0.29) is 0 Å². The minimum absolute atomic E-state index is 0.305. The summed E-state index contributed by atoms with van der Waals surface area (Å²) in [4.78, 5) is 10.9. The molecule has 1 saturated carbocycles. The number of carboxylic acids is 1. The molecule has 1 aromatic carbocycles. The van der Waals surface area contributed by atoms with Gasteiger partial charge in [-0.3, -0.25) is 4.79 Å². The number of hydrogen-bond donors (Lipinski definition) is 1. The standard InChI is InChI=1S/C15H20O3/c1-18-14-8-3-2-5-13(14)9-11-6-4-7-12(11)10-15(16)17/h2-3,5,8,11-12H,4,6-7,9-10H2,1H3,(H,16,17). The van der Waals surface area contributed by atoms with Crippen LogP contribution in [0.15, 0.2) is 24.3 Å². The summed E-state index contributed by atoms with van der Waals surface area (Å²) in [6, 6.07) is 8.02. The number of carboxylic acid groups (broad SMARTS) is 1. The molecule has 98 valence electrons. The van der Waals surface area contributed by atoms with Gasteiger partial charge in [0.05, 0.1) is 7.11 Å². The fraction of sp³-hybridized carbons (Fsp3) is 0.533. The first-order chi connectivity index (χ1) is 8.70. The van der Waals surface area contributed by atoms with E-state index < -0.39 is 5.97 Å². The van der Waals surface area contributed by atoms with E-state index >= 15 is 0 Å². The van der Waals surface area contributed by atoms with E-state index in [0.717, 1.165) is 31.4 Å². The van der Waals surface area contributed by atoms with Gasteiger partial charge in [-0.05, 0) is 42.7 Å². The number of aliphatic carboxylic acids is 1. The Hall–Kier alpha value is -1.51. The number of ether oxygens (including phenoxy) is 1. The summed E-state index contributed by atoms with van der Waals surface area (Å²) < 4.78 is 5.36. The largest absolute Gasteiger partial charge is 0.496 e. The maximum atomic E-state index is 10.9. The van der Waals surface area contributed by atoms with Gasteiger partial charge in [0.1, 0.15) is 5.75 Å². The summed E-state index contributed by atoms with van der Waals surface area (Å²) in [7, 11) is 1.68. The van der Waals surface area contributed by atoms with Crippen molar-refractivity contribution >= 4 is 5.97 Å². The van der Waals surface area contributed by atoms with Crippen LogP contribution in [0.4, 0.5) is 0 Å². The highest BCUT2D eigenvalue weighted by Crippen LogP contribution is 2.37. The van der Waals surface area contributed by atoms with Gasteiger partial charge in [0.2, 0.25) is 0 Å². The van der Waals surface area contributed by atoms with Crippen molar-refractivity contribution in [2.75, 3.05) is 7.11 Å². The number of benzene rings is 1. The van der Waals surface area contributed by atoms with Crippen molar-refractivity contribution in [1.82, 2.24) is 0 Å². The first-order valence-corrected chi connectivity index (χ1v) is 6.54. The fourth-order valence-electron chi connectivity index (χ4n) is 3.03. The number of carbonyl (C=O) groups is 1. The average Bonchev–Trinajstić information content (AvgIpc) is 2.76. The Morgan fingerprint density at radius 3 is 2.78 bits per heavy atom. The molecule has 3 heteroatoms. The minimum Gasteiger partial charge on any atom is -0.496 e. The van der Waals surface area contributed by atoms with Crippen LogP contribution in [-0.2, 0) is 11.2 Å². The molecule has 1 aliphatic carbocycles. The van der Waals surface area contributed by atoms with Crippen LogP contribution in [0, 0.1) is 11.8 Å². The van der Waals surface area contributed by atoms with Crippen molar-refractivity contribution in [3.8, 4) is 5.75 Å². The van der Waals surface area contributed by atoms with Gasteiger partial charge >= 0.3 is 5.97 Å². The Morgan fingerprint density at radius 1 is 1.33 bits per heavy atom. The zero-order valence-electron chi connectivity index (χ0n) is 10.8. The quantitative estimate of drug-likeness (QED) is 0.870. The molecule has 0 heterocycles. The van der Waals surface area contributed by atoms with Gasteiger partial charge in [-0.25, -0.2) is 0 Å². The molecule has 18 heavy (non-hydrogen) atoms. The summed E-state index contributed by atoms with van der Waals surface area (Å²) in [5, 5.41) is 8.93. The predicted molar refractivity (Wildman–Crippen MR) is 69.8 cm³/mol. The molecule has 2 atom stereocenters. The van der Waals surface area contributed by atoms with E-state index in [1.165, 1.54) is 5.56 Å². The molecule has 1 aliphatic rings. The molecule has 1 aromatic rings. The zero-order chi connectivity index (χ0) is 13.0. The summed E-state index contributed by atoms with van der Waals surface area (Å²) in [5.41, 5.74) is 1.20. The monoisotopic (exact) mass is 248 g/mol. The Bertz CT molecular complexity index is 414. The van der Waals surface area contributed by atoms with Crippen molar-refractivity contribution in [3.63, 3.8) is 0 Å². The molecule has 1 fully saturated rings. The highest BCUT2D eigenvalue weighted by atomic mass is 16.5. The third-order valence-corrected chi connectivity index (χ3v) is 3.93. The third-order valence-electron chi connectivity index (χ3n) is 3.93. The lowest BCUT2D eigenvalue weighted by Crippen LogP contribution is -2.15. The molecule has 0 bridgehead atoms. The molecule has 0 radical (unpaired) electrons. The molecule has 0 saturated heterocycles. The average molecular weight is 248 g/mol. The zero-order valence-corrected chi connectivity index (χ0v) is 10.8. The van der Waals surface area contributed by atoms with Crippen molar-refractivity contribution in [3.05, 3.63) is 29.8 Å². The molecule has 2 rings (SSSR count). The number of hydrogen-bond acceptors (Lipinski definition) is 2. The van der Waals surface area contributed by atoms with Crippen LogP contribution in [0.5, 0.6) is 5.75 Å². The summed E-state index contributed by atoms with van der Waals surface area (Å²) in [6.45, 7) is 0. The molecule has 0 amide bonds. The molecule has 2 unspecified atom stereocenters. The number of methoxy groups -OCH3 is 1. The summed E-state index contributed by atoms with van der Waals surface area (Å²) in [5.74, 6) is 1.05. The maximum Gasteiger partial charge on any atom is 0.303 e. The van der Waals surface area contributed by atoms with Crippen LogP contribution >= 0.6 is 0 Å². The first-order valence-electron chi connectivity index (χ1n) is 6.54.